The molecule has 6 heteroatoms. The van der Waals surface area contributed by atoms with Crippen molar-refractivity contribution in [1.82, 2.24) is 0 Å². The molecule has 0 radical (unpaired) electrons. The van der Waals surface area contributed by atoms with Crippen molar-refractivity contribution in [3.63, 3.8) is 0 Å². The van der Waals surface area contributed by atoms with Crippen LogP contribution in [0, 0.1) is 5.92 Å². The van der Waals surface area contributed by atoms with E-state index in [0.717, 1.165) is 6.42 Å². The maximum atomic E-state index is 10.7. The predicted molar refractivity (Wildman–Crippen MR) is 53.6 cm³/mol. The highest BCUT2D eigenvalue weighted by Crippen LogP contribution is 2.53. The minimum Gasteiger partial charge on any atom is -0.313 e. The molecule has 0 aliphatic rings. The summed E-state index contributed by atoms with van der Waals surface area (Å²) in [6.07, 6.45) is 0.802. The van der Waals surface area contributed by atoms with E-state index in [4.69, 9.17) is 20.7 Å². The van der Waals surface area contributed by atoms with E-state index in [0.29, 0.717) is 0 Å². The van der Waals surface area contributed by atoms with Crippen LogP contribution in [0.1, 0.15) is 27.2 Å². The monoisotopic (exact) mass is 232 g/mol. The van der Waals surface area contributed by atoms with Gasteiger partial charge in [0.15, 0.2) is 0 Å². The first-order chi connectivity index (χ1) is 5.19. The second kappa shape index (κ2) is 4.34. The molecule has 0 aliphatic heterocycles. The van der Waals surface area contributed by atoms with Crippen molar-refractivity contribution in [3.8, 4) is 0 Å². The lowest BCUT2D eigenvalue weighted by atomic mass is 10.0. The second-order valence-corrected chi connectivity index (χ2v) is 6.16. The van der Waals surface area contributed by atoms with Gasteiger partial charge in [-0.3, -0.25) is 4.52 Å². The van der Waals surface area contributed by atoms with Crippen molar-refractivity contribution in [2.75, 3.05) is 0 Å². The molecule has 0 saturated heterocycles. The first-order valence-corrected chi connectivity index (χ1v) is 6.57. The molecular weight excluding hydrogens is 219 g/mol. The molecule has 0 spiro atoms. The van der Waals surface area contributed by atoms with Crippen LogP contribution >= 0.6 is 30.8 Å². The third kappa shape index (κ3) is 4.73. The van der Waals surface area contributed by atoms with Gasteiger partial charge in [-0.05, 0) is 19.3 Å². The van der Waals surface area contributed by atoms with E-state index in [1.54, 1.807) is 6.92 Å². The van der Waals surface area contributed by atoms with E-state index in [-0.39, 0.29) is 5.92 Å². The lowest BCUT2D eigenvalue weighted by Gasteiger charge is -2.29. The van der Waals surface area contributed by atoms with Crippen LogP contribution in [0.25, 0.3) is 0 Å². The summed E-state index contributed by atoms with van der Waals surface area (Å²) in [5.41, 5.74) is 0. The molecule has 74 valence electrons. The lowest BCUT2D eigenvalue weighted by Crippen LogP contribution is -2.27. The maximum absolute atomic E-state index is 10.7. The molecule has 3 unspecified atom stereocenters. The van der Waals surface area contributed by atoms with E-state index in [1.807, 2.05) is 13.8 Å². The van der Waals surface area contributed by atoms with Crippen molar-refractivity contribution in [2.24, 2.45) is 5.92 Å². The Morgan fingerprint density at radius 2 is 2.25 bits per heavy atom. The molecule has 1 N–H and O–H groups in total. The summed E-state index contributed by atoms with van der Waals surface area (Å²) in [4.78, 5) is 7.79. The summed E-state index contributed by atoms with van der Waals surface area (Å²) in [5, 5.41) is 0. The van der Waals surface area contributed by atoms with Crippen LogP contribution in [-0.2, 0) is 9.09 Å². The zero-order valence-corrected chi connectivity index (χ0v) is 9.87. The Labute approximate surface area is 83.2 Å². The molecule has 0 aliphatic carbocycles. The Balaban J connectivity index is 4.32. The molecule has 3 atom stereocenters. The van der Waals surface area contributed by atoms with Crippen LogP contribution < -0.4 is 0 Å². The molecular formula is C6H14ClO3PS. The van der Waals surface area contributed by atoms with E-state index in [2.05, 4.69) is 12.6 Å². The van der Waals surface area contributed by atoms with Crippen LogP contribution in [0.4, 0.5) is 0 Å². The second-order valence-electron chi connectivity index (χ2n) is 2.91. The fourth-order valence-electron chi connectivity index (χ4n) is 0.697. The maximum Gasteiger partial charge on any atom is 0.422 e. The van der Waals surface area contributed by atoms with Crippen molar-refractivity contribution in [1.29, 1.82) is 0 Å². The first kappa shape index (κ1) is 12.8. The standard InChI is InChI=1S/C6H14ClO3PS/c1-4-5(2)6(3,12)10-11(7,8)9/h5,12H,4H2,1-3H3,(H,8,9). The van der Waals surface area contributed by atoms with Crippen LogP contribution in [0.2, 0.25) is 0 Å². The lowest BCUT2D eigenvalue weighted by molar-refractivity contribution is 0.115. The van der Waals surface area contributed by atoms with Crippen molar-refractivity contribution >= 4 is 30.8 Å². The van der Waals surface area contributed by atoms with E-state index >= 15 is 0 Å². The summed E-state index contributed by atoms with van der Waals surface area (Å²) >= 11 is 9.17. The van der Waals surface area contributed by atoms with Crippen LogP contribution in [0.15, 0.2) is 0 Å². The summed E-state index contributed by atoms with van der Waals surface area (Å²) in [6, 6.07) is 0. The third-order valence-corrected chi connectivity index (χ3v) is 3.31. The Morgan fingerprint density at radius 3 is 2.50 bits per heavy atom. The predicted octanol–water partition coefficient (Wildman–Crippen LogP) is 3.03. The van der Waals surface area contributed by atoms with Gasteiger partial charge >= 0.3 is 6.95 Å². The van der Waals surface area contributed by atoms with E-state index < -0.39 is 11.9 Å². The number of hydrogen-bond acceptors (Lipinski definition) is 3. The molecule has 0 saturated carbocycles. The quantitative estimate of drug-likeness (QED) is 0.445. The van der Waals surface area contributed by atoms with E-state index in [9.17, 15) is 4.57 Å². The fraction of sp³-hybridized carbons (Fsp3) is 1.00. The molecule has 3 nitrogen and oxygen atoms in total. The van der Waals surface area contributed by atoms with Gasteiger partial charge in [0, 0.05) is 11.2 Å². The summed E-state index contributed by atoms with van der Waals surface area (Å²) in [5.74, 6) is 0.0556. The highest BCUT2D eigenvalue weighted by molar-refractivity contribution is 7.84. The summed E-state index contributed by atoms with van der Waals surface area (Å²) in [7, 11) is 0. The van der Waals surface area contributed by atoms with Gasteiger partial charge in [0.1, 0.15) is 4.93 Å². The van der Waals surface area contributed by atoms with Gasteiger partial charge in [0.05, 0.1) is 0 Å². The smallest absolute Gasteiger partial charge is 0.313 e. The first-order valence-electron chi connectivity index (χ1n) is 3.64. The summed E-state index contributed by atoms with van der Waals surface area (Å²) in [6.45, 7) is 1.48. The molecule has 0 aromatic rings. The Kier molecular flexibility index (Phi) is 4.62. The Hall–Kier alpha value is 0.790. The van der Waals surface area contributed by atoms with Gasteiger partial charge in [-0.1, -0.05) is 13.8 Å². The average Bonchev–Trinajstić information content (AvgIpc) is 1.80. The van der Waals surface area contributed by atoms with Gasteiger partial charge in [0.2, 0.25) is 0 Å². The molecule has 12 heavy (non-hydrogen) atoms. The zero-order chi connectivity index (χ0) is 9.99. The van der Waals surface area contributed by atoms with Crippen molar-refractivity contribution in [2.45, 2.75) is 32.1 Å². The fourth-order valence-corrected chi connectivity index (χ4v) is 2.42. The topological polar surface area (TPSA) is 46.5 Å². The molecule has 0 aromatic heterocycles. The third-order valence-electron chi connectivity index (χ3n) is 1.82. The number of rotatable bonds is 4. The average molecular weight is 233 g/mol. The van der Waals surface area contributed by atoms with Crippen molar-refractivity contribution < 1.29 is 14.0 Å². The molecule has 0 heterocycles. The Bertz CT molecular complexity index is 191. The normalized spacial score (nSPS) is 24.2. The largest absolute Gasteiger partial charge is 0.422 e. The number of halogens is 1. The minimum absolute atomic E-state index is 0.0556. The summed E-state index contributed by atoms with van der Waals surface area (Å²) < 4.78 is 15.4. The van der Waals surface area contributed by atoms with E-state index in [1.165, 1.54) is 0 Å². The van der Waals surface area contributed by atoms with Crippen LogP contribution in [0.5, 0.6) is 0 Å². The SMILES string of the molecule is CCC(C)C(C)(S)OP(=O)(O)Cl. The Morgan fingerprint density at radius 1 is 1.83 bits per heavy atom. The zero-order valence-electron chi connectivity index (χ0n) is 7.32. The molecule has 0 rings (SSSR count). The van der Waals surface area contributed by atoms with Crippen LogP contribution in [0.3, 0.4) is 0 Å². The molecule has 0 aromatic carbocycles. The number of hydrogen-bond donors (Lipinski definition) is 2. The highest BCUT2D eigenvalue weighted by Gasteiger charge is 2.33. The molecule has 0 bridgehead atoms. The van der Waals surface area contributed by atoms with Gasteiger partial charge in [-0.25, -0.2) is 4.57 Å². The van der Waals surface area contributed by atoms with Crippen molar-refractivity contribution in [3.05, 3.63) is 0 Å². The van der Waals surface area contributed by atoms with Gasteiger partial charge in [0.25, 0.3) is 0 Å². The minimum atomic E-state index is -3.96. The van der Waals surface area contributed by atoms with Gasteiger partial charge in [-0.2, -0.15) is 0 Å². The molecule has 0 fully saturated rings. The molecule has 0 amide bonds. The van der Waals surface area contributed by atoms with Crippen LogP contribution in [-0.4, -0.2) is 9.83 Å². The number of thiol groups is 1. The highest BCUT2D eigenvalue weighted by atomic mass is 35.7. The van der Waals surface area contributed by atoms with Gasteiger partial charge in [-0.15, -0.1) is 12.6 Å². The van der Waals surface area contributed by atoms with Gasteiger partial charge < -0.3 is 4.89 Å².